The first-order chi connectivity index (χ1) is 30.6. The number of unbranched alkanes of at least 4 members (excludes halogenated alkanes) is 47. The maximum absolute atomic E-state index is 11.9. The Labute approximate surface area is 391 Å². The topological polar surface area (TPSA) is 57.5 Å². The third-order valence-corrected chi connectivity index (χ3v) is 14.2. The van der Waals surface area contributed by atoms with E-state index in [0.29, 0.717) is 12.8 Å². The van der Waals surface area contributed by atoms with E-state index in [1.807, 2.05) is 0 Å². The Bertz CT molecular complexity index is 852. The summed E-state index contributed by atoms with van der Waals surface area (Å²) in [7, 11) is 0. The molecular weight excluding hydrogens is 757 g/mol. The third kappa shape index (κ3) is 50.2. The number of carboxylic acid groups (broad SMARTS) is 1. The highest BCUT2D eigenvalue weighted by Crippen LogP contribution is 2.22. The van der Waals surface area contributed by atoms with Crippen LogP contribution in [0.2, 0.25) is 0 Å². The van der Waals surface area contributed by atoms with Crippen molar-refractivity contribution in [2.24, 2.45) is 5.92 Å². The van der Waals surface area contributed by atoms with Crippen molar-refractivity contribution in [3.63, 3.8) is 0 Å². The van der Waals surface area contributed by atoms with Crippen LogP contribution in [0.1, 0.15) is 348 Å². The Morgan fingerprint density at radius 3 is 0.726 bits per heavy atom. The molecule has 0 saturated carbocycles. The van der Waals surface area contributed by atoms with Gasteiger partial charge in [0.05, 0.1) is 12.0 Å². The lowest BCUT2D eigenvalue weighted by Crippen LogP contribution is -2.28. The predicted molar refractivity (Wildman–Crippen MR) is 278 cm³/mol. The number of hydrogen-bond acceptors (Lipinski definition) is 2. The molecule has 0 radical (unpaired) electrons. The summed E-state index contributed by atoms with van der Waals surface area (Å²) in [4.78, 5) is 11.9. The zero-order valence-electron chi connectivity index (χ0n) is 42.9. The minimum Gasteiger partial charge on any atom is -0.481 e. The first-order valence-corrected chi connectivity index (χ1v) is 29.2. The Kier molecular flexibility index (Phi) is 53.8. The minimum atomic E-state index is -0.802. The molecule has 2 unspecified atom stereocenters. The van der Waals surface area contributed by atoms with Gasteiger partial charge in [-0.3, -0.25) is 4.79 Å². The Morgan fingerprint density at radius 1 is 0.306 bits per heavy atom. The maximum Gasteiger partial charge on any atom is 0.309 e. The second-order valence-electron chi connectivity index (χ2n) is 20.4. The van der Waals surface area contributed by atoms with Crippen molar-refractivity contribution in [3.8, 4) is 0 Å². The maximum atomic E-state index is 11.9. The first kappa shape index (κ1) is 61.2. The normalized spacial score (nSPS) is 12.8. The molecule has 3 nitrogen and oxygen atoms in total. The van der Waals surface area contributed by atoms with Crippen LogP contribution in [-0.2, 0) is 4.79 Å². The second-order valence-corrected chi connectivity index (χ2v) is 20.4. The molecule has 0 aliphatic carbocycles. The van der Waals surface area contributed by atoms with Gasteiger partial charge in [-0.1, -0.05) is 321 Å². The lowest BCUT2D eigenvalue weighted by Gasteiger charge is -2.19. The standard InChI is InChI=1S/C59H116O3/c1-3-5-7-9-11-13-15-17-19-21-23-25-26-27-28-29-30-31-32-33-34-35-36-38-40-42-44-46-48-50-52-54-56-58(60)57(59(61)62)55-53-51-49-47-45-43-41-39-37-24-22-20-18-16-14-12-10-8-6-4-2/h29-30,57-58,60H,3-28,31-56H2,1-2H3,(H,61,62)/b30-29-. The lowest BCUT2D eigenvalue weighted by atomic mass is 9.91. The summed E-state index contributed by atoms with van der Waals surface area (Å²) in [5.74, 6) is -1.38. The van der Waals surface area contributed by atoms with E-state index in [0.717, 1.165) is 25.7 Å². The largest absolute Gasteiger partial charge is 0.481 e. The van der Waals surface area contributed by atoms with Gasteiger partial charge >= 0.3 is 5.97 Å². The van der Waals surface area contributed by atoms with E-state index < -0.39 is 18.0 Å². The number of aliphatic carboxylic acids is 1. The van der Waals surface area contributed by atoms with Crippen LogP contribution >= 0.6 is 0 Å². The monoisotopic (exact) mass is 873 g/mol. The fraction of sp³-hybridized carbons (Fsp3) is 0.949. The van der Waals surface area contributed by atoms with Crippen molar-refractivity contribution in [2.45, 2.75) is 354 Å². The van der Waals surface area contributed by atoms with E-state index in [2.05, 4.69) is 26.0 Å². The average Bonchev–Trinajstić information content (AvgIpc) is 3.27. The van der Waals surface area contributed by atoms with E-state index in [-0.39, 0.29) is 0 Å². The molecule has 0 bridgehead atoms. The summed E-state index contributed by atoms with van der Waals surface area (Å²) < 4.78 is 0. The van der Waals surface area contributed by atoms with Crippen LogP contribution in [0.15, 0.2) is 12.2 Å². The van der Waals surface area contributed by atoms with Gasteiger partial charge in [0.1, 0.15) is 0 Å². The van der Waals surface area contributed by atoms with E-state index in [9.17, 15) is 15.0 Å². The van der Waals surface area contributed by atoms with Gasteiger partial charge in [0.25, 0.3) is 0 Å². The average molecular weight is 874 g/mol. The highest BCUT2D eigenvalue weighted by molar-refractivity contribution is 5.70. The van der Waals surface area contributed by atoms with Gasteiger partial charge in [-0.15, -0.1) is 0 Å². The Balaban J connectivity index is 3.40. The fourth-order valence-corrected chi connectivity index (χ4v) is 9.73. The minimum absolute atomic E-state index is 0.582. The summed E-state index contributed by atoms with van der Waals surface area (Å²) in [6, 6.07) is 0. The van der Waals surface area contributed by atoms with Crippen LogP contribution in [0, 0.1) is 5.92 Å². The summed E-state index contributed by atoms with van der Waals surface area (Å²) in [6.45, 7) is 4.60. The third-order valence-electron chi connectivity index (χ3n) is 14.2. The molecule has 0 fully saturated rings. The van der Waals surface area contributed by atoms with E-state index in [1.54, 1.807) is 0 Å². The van der Waals surface area contributed by atoms with Crippen LogP contribution < -0.4 is 0 Å². The lowest BCUT2D eigenvalue weighted by molar-refractivity contribution is -0.146. The number of carbonyl (C=O) groups is 1. The van der Waals surface area contributed by atoms with Gasteiger partial charge in [0.2, 0.25) is 0 Å². The number of allylic oxidation sites excluding steroid dienone is 2. The van der Waals surface area contributed by atoms with Crippen molar-refractivity contribution in [3.05, 3.63) is 12.2 Å². The number of aliphatic hydroxyl groups excluding tert-OH is 1. The van der Waals surface area contributed by atoms with Crippen molar-refractivity contribution in [2.75, 3.05) is 0 Å². The van der Waals surface area contributed by atoms with Gasteiger partial charge < -0.3 is 10.2 Å². The van der Waals surface area contributed by atoms with Crippen LogP contribution in [-0.4, -0.2) is 22.3 Å². The number of aliphatic hydroxyl groups is 1. The molecule has 0 heterocycles. The predicted octanol–water partition coefficient (Wildman–Crippen LogP) is 20.9. The molecular formula is C59H116O3. The molecule has 0 amide bonds. The van der Waals surface area contributed by atoms with Crippen LogP contribution in [0.4, 0.5) is 0 Å². The van der Waals surface area contributed by atoms with Crippen molar-refractivity contribution < 1.29 is 15.0 Å². The summed E-state index contributed by atoms with van der Waals surface area (Å²) >= 11 is 0. The summed E-state index contributed by atoms with van der Waals surface area (Å²) in [5, 5.41) is 20.4. The first-order valence-electron chi connectivity index (χ1n) is 29.2. The zero-order valence-corrected chi connectivity index (χ0v) is 42.9. The summed E-state index contributed by atoms with van der Waals surface area (Å²) in [6.07, 6.45) is 73.8. The molecule has 0 rings (SSSR count). The van der Waals surface area contributed by atoms with E-state index >= 15 is 0 Å². The van der Waals surface area contributed by atoms with Crippen molar-refractivity contribution in [1.29, 1.82) is 0 Å². The van der Waals surface area contributed by atoms with Crippen LogP contribution in [0.3, 0.4) is 0 Å². The fourth-order valence-electron chi connectivity index (χ4n) is 9.73. The van der Waals surface area contributed by atoms with Gasteiger partial charge in [-0.05, 0) is 38.5 Å². The Morgan fingerprint density at radius 2 is 0.500 bits per heavy atom. The van der Waals surface area contributed by atoms with Crippen LogP contribution in [0.5, 0.6) is 0 Å². The molecule has 370 valence electrons. The summed E-state index contributed by atoms with van der Waals surface area (Å²) in [5.41, 5.74) is 0. The van der Waals surface area contributed by atoms with Gasteiger partial charge in [-0.2, -0.15) is 0 Å². The highest BCUT2D eigenvalue weighted by atomic mass is 16.4. The zero-order chi connectivity index (χ0) is 44.9. The highest BCUT2D eigenvalue weighted by Gasteiger charge is 2.25. The van der Waals surface area contributed by atoms with Crippen LogP contribution in [0.25, 0.3) is 0 Å². The number of rotatable bonds is 55. The smallest absolute Gasteiger partial charge is 0.309 e. The number of hydrogen-bond donors (Lipinski definition) is 2. The molecule has 3 heteroatoms. The van der Waals surface area contributed by atoms with Gasteiger partial charge in [-0.25, -0.2) is 0 Å². The van der Waals surface area contributed by atoms with E-state index in [4.69, 9.17) is 0 Å². The molecule has 0 aliphatic heterocycles. The second kappa shape index (κ2) is 54.5. The molecule has 0 saturated heterocycles. The molecule has 0 aromatic rings. The van der Waals surface area contributed by atoms with Crippen molar-refractivity contribution >= 4 is 5.97 Å². The molecule has 0 aliphatic rings. The quantitative estimate of drug-likeness (QED) is 0.0473. The van der Waals surface area contributed by atoms with Gasteiger partial charge in [0, 0.05) is 0 Å². The Hall–Kier alpha value is -0.830. The van der Waals surface area contributed by atoms with Gasteiger partial charge in [0.15, 0.2) is 0 Å². The molecule has 0 aromatic carbocycles. The molecule has 2 N–H and O–H groups in total. The molecule has 62 heavy (non-hydrogen) atoms. The molecule has 0 spiro atoms. The SMILES string of the molecule is CCCCCCCCCCCCCCCC/C=C\CCCCCCCCCCCCCCCCC(O)C(CCCCCCCCCCCCCCCCCCCCCC)C(=O)O. The van der Waals surface area contributed by atoms with E-state index in [1.165, 1.54) is 295 Å². The van der Waals surface area contributed by atoms with Crippen molar-refractivity contribution in [1.82, 2.24) is 0 Å². The number of carboxylic acids is 1. The molecule has 0 aromatic heterocycles. The molecule has 2 atom stereocenters.